The number of aryl methyl sites for hydroxylation is 2. The van der Waals surface area contributed by atoms with Crippen LogP contribution in [0.25, 0.3) is 0 Å². The van der Waals surface area contributed by atoms with Gasteiger partial charge in [-0.3, -0.25) is 4.79 Å². The van der Waals surface area contributed by atoms with Crippen molar-refractivity contribution in [2.75, 3.05) is 18.0 Å². The molecule has 0 N–H and O–H groups in total. The Morgan fingerprint density at radius 2 is 1.96 bits per heavy atom. The van der Waals surface area contributed by atoms with E-state index in [-0.39, 0.29) is 11.0 Å². The molecule has 1 aliphatic carbocycles. The highest BCUT2D eigenvalue weighted by Crippen LogP contribution is 2.31. The fourth-order valence-electron chi connectivity index (χ4n) is 4.03. The van der Waals surface area contributed by atoms with Crippen LogP contribution >= 0.6 is 0 Å². The Morgan fingerprint density at radius 3 is 2.68 bits per heavy atom. The lowest BCUT2D eigenvalue weighted by Gasteiger charge is -2.41. The van der Waals surface area contributed by atoms with E-state index in [9.17, 15) is 10.1 Å². The van der Waals surface area contributed by atoms with Crippen molar-refractivity contribution >= 4 is 5.82 Å². The van der Waals surface area contributed by atoms with Crippen LogP contribution in [0.5, 0.6) is 0 Å². The molecule has 3 heterocycles. The number of nitrogens with zero attached hydrogens (tertiary/aromatic N) is 5. The Balaban J connectivity index is 1.49. The minimum atomic E-state index is -0.0875. The Hall–Kier alpha value is -2.68. The third kappa shape index (κ3) is 3.54. The molecule has 0 spiro atoms. The zero-order valence-electron chi connectivity index (χ0n) is 16.9. The van der Waals surface area contributed by atoms with Gasteiger partial charge >= 0.3 is 0 Å². The van der Waals surface area contributed by atoms with Crippen molar-refractivity contribution in [3.05, 3.63) is 51.1 Å². The van der Waals surface area contributed by atoms with Gasteiger partial charge in [0.05, 0.1) is 17.8 Å². The lowest BCUT2D eigenvalue weighted by atomic mass is 9.92. The normalized spacial score (nSPS) is 17.0. The van der Waals surface area contributed by atoms with Gasteiger partial charge in [-0.1, -0.05) is 20.8 Å². The lowest BCUT2D eigenvalue weighted by molar-refractivity contribution is 0.327. The molecule has 0 bridgehead atoms. The van der Waals surface area contributed by atoms with Crippen LogP contribution in [0.15, 0.2) is 23.0 Å². The second-order valence-corrected chi connectivity index (χ2v) is 9.04. The summed E-state index contributed by atoms with van der Waals surface area (Å²) in [5.74, 6) is 1.15. The summed E-state index contributed by atoms with van der Waals surface area (Å²) >= 11 is 0. The van der Waals surface area contributed by atoms with Gasteiger partial charge in [-0.15, -0.1) is 0 Å². The van der Waals surface area contributed by atoms with E-state index in [0.717, 1.165) is 43.1 Å². The molecular weight excluding hydrogens is 350 g/mol. The van der Waals surface area contributed by atoms with E-state index < -0.39 is 0 Å². The Labute approximate surface area is 165 Å². The maximum absolute atomic E-state index is 12.2. The predicted molar refractivity (Wildman–Crippen MR) is 108 cm³/mol. The van der Waals surface area contributed by atoms with Gasteiger partial charge in [0.25, 0.3) is 5.56 Å². The van der Waals surface area contributed by atoms with Crippen LogP contribution < -0.4 is 10.5 Å². The van der Waals surface area contributed by atoms with Crippen LogP contribution in [0, 0.1) is 17.2 Å². The van der Waals surface area contributed by atoms with Crippen LogP contribution in [0.4, 0.5) is 5.82 Å². The van der Waals surface area contributed by atoms with E-state index in [4.69, 9.17) is 4.98 Å². The van der Waals surface area contributed by atoms with Crippen LogP contribution in [0.3, 0.4) is 0 Å². The molecule has 0 aromatic carbocycles. The topological polar surface area (TPSA) is 74.8 Å². The lowest BCUT2D eigenvalue weighted by Crippen LogP contribution is -2.50. The van der Waals surface area contributed by atoms with Crippen molar-refractivity contribution in [3.63, 3.8) is 0 Å². The van der Waals surface area contributed by atoms with Gasteiger partial charge in [0.15, 0.2) is 0 Å². The van der Waals surface area contributed by atoms with E-state index in [1.165, 1.54) is 18.4 Å². The smallest absolute Gasteiger partial charge is 0.266 e. The van der Waals surface area contributed by atoms with Crippen LogP contribution in [0.2, 0.25) is 0 Å². The van der Waals surface area contributed by atoms with Crippen LogP contribution in [0.1, 0.15) is 56.1 Å². The molecule has 2 aromatic rings. The summed E-state index contributed by atoms with van der Waals surface area (Å²) in [6, 6.07) is 7.79. The van der Waals surface area contributed by atoms with Gasteiger partial charge < -0.3 is 4.90 Å². The third-order valence-corrected chi connectivity index (χ3v) is 5.72. The second kappa shape index (κ2) is 7.05. The van der Waals surface area contributed by atoms with E-state index in [0.29, 0.717) is 18.0 Å². The molecule has 1 fully saturated rings. The summed E-state index contributed by atoms with van der Waals surface area (Å²) in [6.07, 6.45) is 4.38. The SMILES string of the molecule is CC(C)(C)c1ccc(=O)n(CC2CN(c3nc4c(cc3C#N)CCCC4)C2)n1. The van der Waals surface area contributed by atoms with Gasteiger partial charge in [-0.2, -0.15) is 10.4 Å². The minimum absolute atomic E-state index is 0.0592. The van der Waals surface area contributed by atoms with E-state index in [1.807, 2.05) is 12.1 Å². The molecule has 0 amide bonds. The molecule has 1 aliphatic heterocycles. The van der Waals surface area contributed by atoms with Gasteiger partial charge in [0.2, 0.25) is 0 Å². The number of hydrogen-bond acceptors (Lipinski definition) is 5. The monoisotopic (exact) mass is 377 g/mol. The first-order valence-corrected chi connectivity index (χ1v) is 10.1. The number of nitriles is 1. The molecule has 1 saturated heterocycles. The van der Waals surface area contributed by atoms with Crippen LogP contribution in [-0.2, 0) is 24.8 Å². The molecule has 28 heavy (non-hydrogen) atoms. The summed E-state index contributed by atoms with van der Waals surface area (Å²) in [6.45, 7) is 8.50. The van der Waals surface area contributed by atoms with Gasteiger partial charge in [-0.05, 0) is 43.4 Å². The molecular formula is C22H27N5O. The van der Waals surface area contributed by atoms with Gasteiger partial charge in [0.1, 0.15) is 11.9 Å². The molecule has 0 unspecified atom stereocenters. The summed E-state index contributed by atoms with van der Waals surface area (Å²) in [7, 11) is 0. The Morgan fingerprint density at radius 1 is 1.21 bits per heavy atom. The zero-order valence-corrected chi connectivity index (χ0v) is 16.9. The third-order valence-electron chi connectivity index (χ3n) is 5.72. The molecule has 2 aliphatic rings. The van der Waals surface area contributed by atoms with Gasteiger partial charge in [0, 0.05) is 36.2 Å². The number of pyridine rings is 1. The largest absolute Gasteiger partial charge is 0.355 e. The number of fused-ring (bicyclic) bond motifs is 1. The van der Waals surface area contributed by atoms with E-state index in [2.05, 4.69) is 36.8 Å². The summed E-state index contributed by atoms with van der Waals surface area (Å²) < 4.78 is 1.59. The highest BCUT2D eigenvalue weighted by molar-refractivity contribution is 5.58. The van der Waals surface area contributed by atoms with Crippen LogP contribution in [-0.4, -0.2) is 27.9 Å². The number of rotatable bonds is 3. The summed E-state index contributed by atoms with van der Waals surface area (Å²) in [4.78, 5) is 19.2. The maximum Gasteiger partial charge on any atom is 0.266 e. The maximum atomic E-state index is 12.2. The average molecular weight is 377 g/mol. The first kappa shape index (κ1) is 18.7. The minimum Gasteiger partial charge on any atom is -0.355 e. The second-order valence-electron chi connectivity index (χ2n) is 9.04. The van der Waals surface area contributed by atoms with Gasteiger partial charge in [-0.25, -0.2) is 9.67 Å². The predicted octanol–water partition coefficient (Wildman–Crippen LogP) is 2.82. The molecule has 2 aromatic heterocycles. The first-order chi connectivity index (χ1) is 13.3. The highest BCUT2D eigenvalue weighted by Gasteiger charge is 2.31. The Bertz CT molecular complexity index is 989. The summed E-state index contributed by atoms with van der Waals surface area (Å²) in [5.41, 5.74) is 3.83. The molecule has 0 saturated carbocycles. The highest BCUT2D eigenvalue weighted by atomic mass is 16.1. The average Bonchev–Trinajstić information content (AvgIpc) is 2.63. The molecule has 146 valence electrons. The number of hydrogen-bond donors (Lipinski definition) is 0. The molecule has 4 rings (SSSR count). The Kier molecular flexibility index (Phi) is 4.70. The standard InChI is InChI=1S/C22H27N5O/c1-22(2,3)19-8-9-20(28)27(25-19)14-15-12-26(13-15)21-17(11-23)10-16-6-4-5-7-18(16)24-21/h8-10,15H,4-7,12-14H2,1-3H3. The van der Waals surface area contributed by atoms with Crippen molar-refractivity contribution in [2.45, 2.75) is 58.4 Å². The number of aromatic nitrogens is 3. The molecule has 0 radical (unpaired) electrons. The summed E-state index contributed by atoms with van der Waals surface area (Å²) in [5, 5.41) is 14.1. The zero-order chi connectivity index (χ0) is 19.9. The molecule has 0 atom stereocenters. The van der Waals surface area contributed by atoms with E-state index in [1.54, 1.807) is 10.7 Å². The van der Waals surface area contributed by atoms with Crippen molar-refractivity contribution in [2.24, 2.45) is 5.92 Å². The fourth-order valence-corrected chi connectivity index (χ4v) is 4.03. The molecule has 6 nitrogen and oxygen atoms in total. The number of anilines is 1. The van der Waals surface area contributed by atoms with Crippen molar-refractivity contribution in [1.82, 2.24) is 14.8 Å². The van der Waals surface area contributed by atoms with Crippen molar-refractivity contribution in [1.29, 1.82) is 5.26 Å². The fraction of sp³-hybridized carbons (Fsp3) is 0.545. The first-order valence-electron chi connectivity index (χ1n) is 10.1. The quantitative estimate of drug-likeness (QED) is 0.822. The van der Waals surface area contributed by atoms with Crippen molar-refractivity contribution in [3.8, 4) is 6.07 Å². The molecule has 6 heteroatoms. The van der Waals surface area contributed by atoms with Crippen molar-refractivity contribution < 1.29 is 0 Å². The van der Waals surface area contributed by atoms with E-state index >= 15 is 0 Å².